The van der Waals surface area contributed by atoms with Gasteiger partial charge in [0.15, 0.2) is 5.75 Å². The Morgan fingerprint density at radius 2 is 1.58 bits per heavy atom. The van der Waals surface area contributed by atoms with Gasteiger partial charge >= 0.3 is 0 Å². The predicted molar refractivity (Wildman–Crippen MR) is 71.9 cm³/mol. The van der Waals surface area contributed by atoms with E-state index in [-0.39, 0.29) is 4.90 Å². The fourth-order valence-electron chi connectivity index (χ4n) is 1.55. The predicted octanol–water partition coefficient (Wildman–Crippen LogP) is 1.93. The Hall–Kier alpha value is -2.14. The molecule has 0 fully saturated rings. The number of hydrogen-bond acceptors (Lipinski definition) is 4. The highest BCUT2D eigenvalue weighted by Gasteiger charge is 2.15. The molecular formula is C14H12O4S. The zero-order chi connectivity index (χ0) is 14.0. The molecule has 0 saturated carbocycles. The van der Waals surface area contributed by atoms with Crippen LogP contribution in [0.4, 0.5) is 0 Å². The summed E-state index contributed by atoms with van der Waals surface area (Å²) in [7, 11) is -1.67. The Balaban J connectivity index is 2.57. The average Bonchev–Trinajstić information content (AvgIpc) is 2.53. The average molecular weight is 276 g/mol. The molecule has 98 valence electrons. The van der Waals surface area contributed by atoms with Crippen molar-refractivity contribution in [2.45, 2.75) is 16.7 Å². The van der Waals surface area contributed by atoms with Crippen molar-refractivity contribution in [3.8, 4) is 11.5 Å². The molecule has 5 heteroatoms. The lowest BCUT2D eigenvalue weighted by Gasteiger charge is -2.03. The summed E-state index contributed by atoms with van der Waals surface area (Å²) in [6.45, 7) is 1.90. The van der Waals surface area contributed by atoms with E-state index in [0.717, 1.165) is 11.6 Å². The van der Waals surface area contributed by atoms with Crippen molar-refractivity contribution < 1.29 is 14.4 Å². The van der Waals surface area contributed by atoms with Crippen LogP contribution in [-0.2, 0) is 10.8 Å². The first-order valence-corrected chi connectivity index (χ1v) is 6.69. The van der Waals surface area contributed by atoms with Crippen molar-refractivity contribution in [1.82, 2.24) is 0 Å². The summed E-state index contributed by atoms with van der Waals surface area (Å²) in [5.41, 5.74) is 0.304. The van der Waals surface area contributed by atoms with Crippen LogP contribution in [-0.4, -0.2) is 14.4 Å². The van der Waals surface area contributed by atoms with Crippen LogP contribution in [0.25, 0.3) is 0 Å². The minimum atomic E-state index is -1.67. The summed E-state index contributed by atoms with van der Waals surface area (Å²) in [4.78, 5) is 11.8. The molecule has 0 aliphatic rings. The first-order chi connectivity index (χ1) is 9.00. The van der Waals surface area contributed by atoms with Crippen molar-refractivity contribution in [3.05, 3.63) is 58.3 Å². The summed E-state index contributed by atoms with van der Waals surface area (Å²) >= 11 is 0. The fraction of sp³-hybridized carbons (Fsp3) is 0.0714. The normalized spacial score (nSPS) is 12.1. The molecule has 1 unspecified atom stereocenters. The van der Waals surface area contributed by atoms with Crippen LogP contribution >= 0.6 is 0 Å². The third-order valence-corrected chi connectivity index (χ3v) is 4.05. The summed E-state index contributed by atoms with van der Waals surface area (Å²) in [6, 6.07) is 10.7. The molecule has 2 aromatic rings. The van der Waals surface area contributed by atoms with E-state index in [9.17, 15) is 19.2 Å². The smallest absolute Gasteiger partial charge is 0.224 e. The molecule has 2 rings (SSSR count). The molecule has 1 atom stereocenters. The lowest BCUT2D eigenvalue weighted by Crippen LogP contribution is -1.95. The second-order valence-corrected chi connectivity index (χ2v) is 5.48. The third kappa shape index (κ3) is 2.66. The van der Waals surface area contributed by atoms with E-state index in [2.05, 4.69) is 0 Å². The standard InChI is InChI=1S/C14H12O4S/c1-9-5-7-10(8-6-9)19(18)12-4-2-3-11(15)13(16)14(12)17/h2-8H,1H3,(H2,15,16,17). The Morgan fingerprint density at radius 3 is 2.21 bits per heavy atom. The molecule has 0 saturated heterocycles. The largest absolute Gasteiger partial charge is 0.503 e. The number of rotatable bonds is 2. The summed E-state index contributed by atoms with van der Waals surface area (Å²) in [5.74, 6) is -1.44. The van der Waals surface area contributed by atoms with Gasteiger partial charge in [-0.1, -0.05) is 23.8 Å². The SMILES string of the molecule is Cc1ccc(S(=O)c2cccc(=O)c(O)c2O)cc1. The Kier molecular flexibility index (Phi) is 3.66. The summed E-state index contributed by atoms with van der Waals surface area (Å²) in [5, 5.41) is 19.3. The van der Waals surface area contributed by atoms with Crippen LogP contribution in [0.1, 0.15) is 5.56 Å². The van der Waals surface area contributed by atoms with E-state index in [1.807, 2.05) is 6.92 Å². The number of aryl methyl sites for hydroxylation is 1. The highest BCUT2D eigenvalue weighted by Crippen LogP contribution is 2.29. The van der Waals surface area contributed by atoms with Gasteiger partial charge in [0.05, 0.1) is 15.7 Å². The van der Waals surface area contributed by atoms with Crippen LogP contribution in [0.15, 0.2) is 57.1 Å². The highest BCUT2D eigenvalue weighted by molar-refractivity contribution is 7.85. The van der Waals surface area contributed by atoms with Gasteiger partial charge in [0.2, 0.25) is 11.2 Å². The minimum Gasteiger partial charge on any atom is -0.503 e. The van der Waals surface area contributed by atoms with Gasteiger partial charge in [0.1, 0.15) is 0 Å². The molecule has 0 amide bonds. The highest BCUT2D eigenvalue weighted by atomic mass is 32.2. The molecule has 0 aliphatic carbocycles. The van der Waals surface area contributed by atoms with Gasteiger partial charge in [0, 0.05) is 4.90 Å². The molecule has 4 nitrogen and oxygen atoms in total. The number of aromatic hydroxyl groups is 2. The minimum absolute atomic E-state index is 0.00320. The van der Waals surface area contributed by atoms with E-state index in [0.29, 0.717) is 4.90 Å². The third-order valence-electron chi connectivity index (χ3n) is 2.62. The van der Waals surface area contributed by atoms with Crippen molar-refractivity contribution >= 4 is 10.8 Å². The van der Waals surface area contributed by atoms with Crippen molar-refractivity contribution in [1.29, 1.82) is 0 Å². The maximum absolute atomic E-state index is 12.3. The monoisotopic (exact) mass is 276 g/mol. The van der Waals surface area contributed by atoms with E-state index in [1.165, 1.54) is 12.1 Å². The fourth-order valence-corrected chi connectivity index (χ4v) is 2.66. The van der Waals surface area contributed by atoms with Crippen molar-refractivity contribution in [3.63, 3.8) is 0 Å². The Bertz CT molecular complexity index is 693. The van der Waals surface area contributed by atoms with Gasteiger partial charge in [-0.25, -0.2) is 4.21 Å². The second-order valence-electron chi connectivity index (χ2n) is 4.03. The van der Waals surface area contributed by atoms with Crippen LogP contribution in [0.2, 0.25) is 0 Å². The van der Waals surface area contributed by atoms with E-state index < -0.39 is 27.7 Å². The van der Waals surface area contributed by atoms with Crippen LogP contribution in [0.3, 0.4) is 0 Å². The number of hydrogen-bond donors (Lipinski definition) is 2. The van der Waals surface area contributed by atoms with Gasteiger partial charge in [-0.2, -0.15) is 0 Å². The quantitative estimate of drug-likeness (QED) is 0.879. The van der Waals surface area contributed by atoms with Gasteiger partial charge < -0.3 is 10.2 Å². The lowest BCUT2D eigenvalue weighted by molar-refractivity contribution is 0.393. The zero-order valence-corrected chi connectivity index (χ0v) is 11.0. The topological polar surface area (TPSA) is 74.6 Å². The zero-order valence-electron chi connectivity index (χ0n) is 10.2. The first kappa shape index (κ1) is 13.3. The van der Waals surface area contributed by atoms with Gasteiger partial charge in [0.25, 0.3) is 0 Å². The molecule has 0 spiro atoms. The lowest BCUT2D eigenvalue weighted by atomic mass is 10.2. The van der Waals surface area contributed by atoms with Crippen LogP contribution in [0.5, 0.6) is 11.5 Å². The van der Waals surface area contributed by atoms with Gasteiger partial charge in [-0.3, -0.25) is 4.79 Å². The molecule has 0 bridgehead atoms. The van der Waals surface area contributed by atoms with Crippen molar-refractivity contribution in [2.24, 2.45) is 0 Å². The van der Waals surface area contributed by atoms with Gasteiger partial charge in [-0.15, -0.1) is 0 Å². The second kappa shape index (κ2) is 5.24. The molecule has 0 heterocycles. The molecule has 2 N–H and O–H groups in total. The van der Waals surface area contributed by atoms with Crippen molar-refractivity contribution in [2.75, 3.05) is 0 Å². The molecule has 0 aromatic heterocycles. The first-order valence-electron chi connectivity index (χ1n) is 5.54. The van der Waals surface area contributed by atoms with Crippen LogP contribution in [0, 0.1) is 6.92 Å². The Morgan fingerprint density at radius 1 is 0.947 bits per heavy atom. The molecule has 0 aliphatic heterocycles. The maximum Gasteiger partial charge on any atom is 0.224 e. The summed E-state index contributed by atoms with van der Waals surface area (Å²) < 4.78 is 12.3. The van der Waals surface area contributed by atoms with Crippen LogP contribution < -0.4 is 5.43 Å². The molecule has 2 aromatic carbocycles. The summed E-state index contributed by atoms with van der Waals surface area (Å²) in [6.07, 6.45) is 0. The van der Waals surface area contributed by atoms with E-state index in [4.69, 9.17) is 0 Å². The number of benzene rings is 1. The molecular weight excluding hydrogens is 264 g/mol. The molecule has 0 radical (unpaired) electrons. The van der Waals surface area contributed by atoms with Gasteiger partial charge in [-0.05, 0) is 31.2 Å². The van der Waals surface area contributed by atoms with E-state index >= 15 is 0 Å². The maximum atomic E-state index is 12.3. The van der Waals surface area contributed by atoms with E-state index in [1.54, 1.807) is 24.3 Å². The molecule has 19 heavy (non-hydrogen) atoms. The Labute approximate surface area is 112 Å².